The smallest absolute Gasteiger partial charge is 0.312 e. The normalized spacial score (nSPS) is 13.5. The summed E-state index contributed by atoms with van der Waals surface area (Å²) in [7, 11) is 0. The molecular weight excluding hydrogens is 760 g/mol. The minimum Gasteiger partial charge on any atom is -0.462 e. The second kappa shape index (κ2) is 16.0. The van der Waals surface area contributed by atoms with Gasteiger partial charge in [-0.15, -0.1) is 0 Å². The summed E-state index contributed by atoms with van der Waals surface area (Å²) in [6.07, 6.45) is 2.23. The number of aromatic nitrogens is 4. The number of fused-ring (bicyclic) bond motifs is 1. The fourth-order valence-electron chi connectivity index (χ4n) is 6.54. The Bertz CT molecular complexity index is 2000. The number of nitrogen functional groups attached to an aromatic ring is 1. The number of hydrogen-bond donors (Lipinski definition) is 1. The Hall–Kier alpha value is -4.85. The highest BCUT2D eigenvalue weighted by Crippen LogP contribution is 2.41. The van der Waals surface area contributed by atoms with E-state index in [2.05, 4.69) is 69.0 Å². The Morgan fingerprint density at radius 3 is 2.00 bits per heavy atom. The molecule has 2 N–H and O–H groups in total. The zero-order valence-electron chi connectivity index (χ0n) is 27.8. The molecule has 260 valence electrons. The molecule has 2 aromatic heterocycles. The van der Waals surface area contributed by atoms with Crippen LogP contribution in [0.4, 0.5) is 10.2 Å². The Kier molecular flexibility index (Phi) is 10.9. The van der Waals surface area contributed by atoms with Gasteiger partial charge < -0.3 is 29.2 Å². The summed E-state index contributed by atoms with van der Waals surface area (Å²) >= 11 is 2.29. The van der Waals surface area contributed by atoms with E-state index in [9.17, 15) is 4.39 Å². The number of hydrogen-bond acceptors (Lipinski definition) is 8. The third kappa shape index (κ3) is 7.32. The number of unbranched alkanes of at least 4 members (excludes halogenated alkanes) is 1. The van der Waals surface area contributed by atoms with E-state index in [0.717, 1.165) is 38.7 Å². The van der Waals surface area contributed by atoms with Crippen molar-refractivity contribution in [2.24, 2.45) is 0 Å². The van der Waals surface area contributed by atoms with Crippen LogP contribution in [0.5, 0.6) is 0 Å². The van der Waals surface area contributed by atoms with Crippen LogP contribution in [0.3, 0.4) is 0 Å². The van der Waals surface area contributed by atoms with Gasteiger partial charge in [0.05, 0.1) is 6.61 Å². The minimum atomic E-state index is -0.920. The van der Waals surface area contributed by atoms with Crippen LogP contribution in [0.15, 0.2) is 127 Å². The van der Waals surface area contributed by atoms with E-state index < -0.39 is 17.6 Å². The van der Waals surface area contributed by atoms with Crippen LogP contribution in [-0.4, -0.2) is 46.1 Å². The van der Waals surface area contributed by atoms with E-state index in [1.165, 1.54) is 0 Å². The molecule has 1 aliphatic heterocycles. The maximum absolute atomic E-state index is 14.5. The lowest BCUT2D eigenvalue weighted by molar-refractivity contribution is 0.00728. The molecule has 1 unspecified atom stereocenters. The van der Waals surface area contributed by atoms with Gasteiger partial charge in [-0.1, -0.05) is 109 Å². The third-order valence-corrected chi connectivity index (χ3v) is 9.86. The van der Waals surface area contributed by atoms with Crippen LogP contribution in [-0.2, 0) is 31.1 Å². The first-order chi connectivity index (χ1) is 25.1. The van der Waals surface area contributed by atoms with Crippen LogP contribution in [0.2, 0.25) is 0 Å². The van der Waals surface area contributed by atoms with Gasteiger partial charge in [0.25, 0.3) is 0 Å². The average molecular weight is 798 g/mol. The van der Waals surface area contributed by atoms with Gasteiger partial charge in [0.1, 0.15) is 29.4 Å². The second-order valence-corrected chi connectivity index (χ2v) is 13.2. The highest BCUT2D eigenvalue weighted by molar-refractivity contribution is 14.1. The molecule has 6 aromatic rings. The molecule has 0 aliphatic carbocycles. The quantitative estimate of drug-likeness (QED) is 0.0484. The molecule has 9 nitrogen and oxygen atoms in total. The molecule has 4 aromatic carbocycles. The van der Waals surface area contributed by atoms with Crippen molar-refractivity contribution in [3.63, 3.8) is 0 Å². The maximum Gasteiger partial charge on any atom is 0.312 e. The average Bonchev–Trinajstić information content (AvgIpc) is 3.82. The SMILES string of the molecule is Nc1nc(F)nc2c1nc(C(C1=COCO1)c1ccccc1I)n2CCOCCCCOC(c1ccccc1)(c1ccccc1)c1ccccc1. The number of allylic oxidation sites excluding steroid dienone is 1. The molecule has 0 radical (unpaired) electrons. The standard InChI is InChI=1S/C40H37FIN5O4/c41-39-45-36(43)35-38(46-39)47(37(44-35)34(33-26-49-27-50-33)31-20-10-11-21-32(31)42)22-25-48-23-12-13-24-51-40(28-14-4-1-5-15-28,29-16-6-2-7-17-29)30-18-8-3-9-19-30/h1-11,14-21,26,34H,12-13,22-25,27H2,(H2,43,45,46). The highest BCUT2D eigenvalue weighted by atomic mass is 127. The van der Waals surface area contributed by atoms with Crippen LogP contribution in [0.1, 0.15) is 46.8 Å². The maximum atomic E-state index is 14.5. The van der Waals surface area contributed by atoms with Gasteiger partial charge in [-0.3, -0.25) is 0 Å². The fraction of sp³-hybridized carbons (Fsp3) is 0.225. The van der Waals surface area contributed by atoms with Crippen molar-refractivity contribution in [2.45, 2.75) is 30.9 Å². The molecule has 0 bridgehead atoms. The van der Waals surface area contributed by atoms with Crippen LogP contribution in [0.25, 0.3) is 11.2 Å². The van der Waals surface area contributed by atoms with Crippen molar-refractivity contribution in [1.82, 2.24) is 19.5 Å². The van der Waals surface area contributed by atoms with E-state index in [0.29, 0.717) is 49.1 Å². The summed E-state index contributed by atoms with van der Waals surface area (Å²) in [6, 6.07) is 39.0. The number of nitrogens with zero attached hydrogens (tertiary/aromatic N) is 4. The lowest BCUT2D eigenvalue weighted by Crippen LogP contribution is -2.33. The first kappa shape index (κ1) is 34.6. The van der Waals surface area contributed by atoms with Crippen molar-refractivity contribution in [1.29, 1.82) is 0 Å². The molecule has 0 fully saturated rings. The molecular formula is C40H37FIN5O4. The van der Waals surface area contributed by atoms with Crippen molar-refractivity contribution >= 4 is 39.6 Å². The second-order valence-electron chi connectivity index (χ2n) is 12.0. The highest BCUT2D eigenvalue weighted by Gasteiger charge is 2.37. The van der Waals surface area contributed by atoms with Crippen LogP contribution in [0, 0.1) is 9.65 Å². The van der Waals surface area contributed by atoms with E-state index in [1.807, 2.05) is 83.4 Å². The third-order valence-electron chi connectivity index (χ3n) is 8.88. The summed E-state index contributed by atoms with van der Waals surface area (Å²) in [4.78, 5) is 12.7. The van der Waals surface area contributed by atoms with Crippen molar-refractivity contribution in [3.8, 4) is 0 Å². The zero-order chi connectivity index (χ0) is 35.0. The summed E-state index contributed by atoms with van der Waals surface area (Å²) in [5.74, 6) is 0.679. The summed E-state index contributed by atoms with van der Waals surface area (Å²) in [5, 5.41) is 0. The lowest BCUT2D eigenvalue weighted by atomic mass is 9.80. The molecule has 0 saturated heterocycles. The van der Waals surface area contributed by atoms with Gasteiger partial charge >= 0.3 is 6.08 Å². The van der Waals surface area contributed by atoms with Gasteiger partial charge in [0, 0.05) is 23.3 Å². The molecule has 0 spiro atoms. The molecule has 3 heterocycles. The van der Waals surface area contributed by atoms with E-state index >= 15 is 0 Å². The van der Waals surface area contributed by atoms with Gasteiger partial charge in [0.15, 0.2) is 17.0 Å². The monoisotopic (exact) mass is 797 g/mol. The number of halogens is 2. The van der Waals surface area contributed by atoms with E-state index in [4.69, 9.17) is 29.7 Å². The lowest BCUT2D eigenvalue weighted by Gasteiger charge is -2.36. The fourth-order valence-corrected chi connectivity index (χ4v) is 7.24. The topological polar surface area (TPSA) is 107 Å². The number of imidazole rings is 1. The molecule has 7 rings (SSSR count). The molecule has 1 aliphatic rings. The van der Waals surface area contributed by atoms with Gasteiger partial charge in [-0.2, -0.15) is 14.4 Å². The number of benzene rings is 4. The van der Waals surface area contributed by atoms with E-state index in [1.54, 1.807) is 6.26 Å². The molecule has 51 heavy (non-hydrogen) atoms. The predicted molar refractivity (Wildman–Crippen MR) is 201 cm³/mol. The summed E-state index contributed by atoms with van der Waals surface area (Å²) in [6.45, 7) is 1.81. The van der Waals surface area contributed by atoms with Gasteiger partial charge in [0.2, 0.25) is 6.79 Å². The molecule has 1 atom stereocenters. The van der Waals surface area contributed by atoms with Crippen molar-refractivity contribution in [3.05, 3.63) is 165 Å². The summed E-state index contributed by atoms with van der Waals surface area (Å²) in [5.41, 5.74) is 10.1. The predicted octanol–water partition coefficient (Wildman–Crippen LogP) is 7.94. The van der Waals surface area contributed by atoms with Crippen molar-refractivity contribution in [2.75, 3.05) is 32.3 Å². The Morgan fingerprint density at radius 2 is 1.39 bits per heavy atom. The number of nitrogens with two attached hydrogens (primary N) is 1. The summed E-state index contributed by atoms with van der Waals surface area (Å²) < 4.78 is 41.7. The number of rotatable bonds is 15. The number of anilines is 1. The largest absolute Gasteiger partial charge is 0.462 e. The Morgan fingerprint density at radius 1 is 0.784 bits per heavy atom. The van der Waals surface area contributed by atoms with Crippen molar-refractivity contribution < 1.29 is 23.3 Å². The zero-order valence-corrected chi connectivity index (χ0v) is 30.0. The van der Waals surface area contributed by atoms with Crippen LogP contribution < -0.4 is 5.73 Å². The van der Waals surface area contributed by atoms with Crippen LogP contribution >= 0.6 is 22.6 Å². The molecule has 0 amide bonds. The van der Waals surface area contributed by atoms with Gasteiger partial charge in [-0.25, -0.2) is 4.98 Å². The minimum absolute atomic E-state index is 0.0323. The number of ether oxygens (including phenoxy) is 4. The van der Waals surface area contributed by atoms with Gasteiger partial charge in [-0.05, 0) is 63.8 Å². The Balaban J connectivity index is 1.06. The van der Waals surface area contributed by atoms with E-state index in [-0.39, 0.29) is 12.6 Å². The molecule has 11 heteroatoms. The molecule has 0 saturated carbocycles. The first-order valence-electron chi connectivity index (χ1n) is 16.8. The first-order valence-corrected chi connectivity index (χ1v) is 17.9. The Labute approximate surface area is 309 Å².